The monoisotopic (exact) mass is 220 g/mol. The molecule has 1 aliphatic heterocycles. The van der Waals surface area contributed by atoms with E-state index >= 15 is 0 Å². The summed E-state index contributed by atoms with van der Waals surface area (Å²) in [6.45, 7) is 5.79. The van der Waals surface area contributed by atoms with E-state index in [1.807, 2.05) is 6.92 Å². The average molecular weight is 220 g/mol. The molecule has 1 unspecified atom stereocenters. The molecule has 2 heterocycles. The summed E-state index contributed by atoms with van der Waals surface area (Å²) in [6.07, 6.45) is 2.79. The maximum absolute atomic E-state index is 11.2. The van der Waals surface area contributed by atoms with Crippen LogP contribution in [0, 0.1) is 12.8 Å². The van der Waals surface area contributed by atoms with E-state index in [9.17, 15) is 9.90 Å². The van der Waals surface area contributed by atoms with Crippen LogP contribution in [0.3, 0.4) is 0 Å². The minimum Gasteiger partial charge on any atom is -0.478 e. The molecule has 0 spiro atoms. The van der Waals surface area contributed by atoms with Gasteiger partial charge in [0.15, 0.2) is 0 Å². The van der Waals surface area contributed by atoms with Gasteiger partial charge in [0.1, 0.15) is 11.4 Å². The van der Waals surface area contributed by atoms with Gasteiger partial charge in [0.25, 0.3) is 0 Å². The highest BCUT2D eigenvalue weighted by molar-refractivity contribution is 5.95. The topological polar surface area (TPSA) is 53.4 Å². The number of hydrogen-bond donors (Lipinski definition) is 1. The third kappa shape index (κ3) is 1.87. The van der Waals surface area contributed by atoms with Crippen LogP contribution < -0.4 is 4.90 Å². The van der Waals surface area contributed by atoms with E-state index in [0.717, 1.165) is 25.1 Å². The van der Waals surface area contributed by atoms with Crippen molar-refractivity contribution in [2.75, 3.05) is 18.0 Å². The number of carboxylic acids is 1. The van der Waals surface area contributed by atoms with Crippen molar-refractivity contribution in [3.63, 3.8) is 0 Å². The molecule has 1 aromatic heterocycles. The molecule has 1 atom stereocenters. The first kappa shape index (κ1) is 10.9. The molecular weight excluding hydrogens is 204 g/mol. The van der Waals surface area contributed by atoms with Crippen LogP contribution in [-0.4, -0.2) is 29.1 Å². The summed E-state index contributed by atoms with van der Waals surface area (Å²) in [6, 6.07) is 1.74. The number of anilines is 1. The molecule has 4 heteroatoms. The second-order valence-corrected chi connectivity index (χ2v) is 4.47. The lowest BCUT2D eigenvalue weighted by Crippen LogP contribution is -2.23. The molecule has 1 N–H and O–H groups in total. The maximum Gasteiger partial charge on any atom is 0.339 e. The van der Waals surface area contributed by atoms with Crippen molar-refractivity contribution in [2.24, 2.45) is 5.92 Å². The minimum absolute atomic E-state index is 0.344. The van der Waals surface area contributed by atoms with Gasteiger partial charge < -0.3 is 10.0 Å². The normalized spacial score (nSPS) is 20.1. The van der Waals surface area contributed by atoms with Crippen molar-refractivity contribution >= 4 is 11.8 Å². The SMILES string of the molecule is Cc1ccnc(N2CCC(C)C2)c1C(=O)O. The fourth-order valence-electron chi connectivity index (χ4n) is 2.18. The molecule has 1 fully saturated rings. The fourth-order valence-corrected chi connectivity index (χ4v) is 2.18. The van der Waals surface area contributed by atoms with Crippen LogP contribution in [0.25, 0.3) is 0 Å². The average Bonchev–Trinajstić information content (AvgIpc) is 2.63. The Morgan fingerprint density at radius 2 is 2.38 bits per heavy atom. The number of carbonyl (C=O) groups is 1. The van der Waals surface area contributed by atoms with Crippen LogP contribution in [0.1, 0.15) is 29.3 Å². The summed E-state index contributed by atoms with van der Waals surface area (Å²) in [5, 5.41) is 9.21. The summed E-state index contributed by atoms with van der Waals surface area (Å²) >= 11 is 0. The molecule has 0 bridgehead atoms. The van der Waals surface area contributed by atoms with Crippen molar-refractivity contribution in [3.05, 3.63) is 23.4 Å². The largest absolute Gasteiger partial charge is 0.478 e. The fraction of sp³-hybridized carbons (Fsp3) is 0.500. The van der Waals surface area contributed by atoms with Gasteiger partial charge in [-0.3, -0.25) is 0 Å². The Labute approximate surface area is 94.9 Å². The molecule has 1 aromatic rings. The molecule has 1 aliphatic rings. The van der Waals surface area contributed by atoms with Crippen molar-refractivity contribution in [1.29, 1.82) is 0 Å². The number of hydrogen-bond acceptors (Lipinski definition) is 3. The van der Waals surface area contributed by atoms with Crippen molar-refractivity contribution < 1.29 is 9.90 Å². The molecule has 16 heavy (non-hydrogen) atoms. The Hall–Kier alpha value is -1.58. The van der Waals surface area contributed by atoms with Crippen LogP contribution in [0.2, 0.25) is 0 Å². The van der Waals surface area contributed by atoms with E-state index in [1.165, 1.54) is 0 Å². The molecule has 1 saturated heterocycles. The van der Waals surface area contributed by atoms with E-state index in [2.05, 4.69) is 16.8 Å². The predicted molar refractivity (Wildman–Crippen MR) is 61.9 cm³/mol. The van der Waals surface area contributed by atoms with Gasteiger partial charge in [-0.25, -0.2) is 9.78 Å². The summed E-state index contributed by atoms with van der Waals surface area (Å²) in [5.74, 6) is 0.348. The number of rotatable bonds is 2. The van der Waals surface area contributed by atoms with Crippen molar-refractivity contribution in [2.45, 2.75) is 20.3 Å². The lowest BCUT2D eigenvalue weighted by Gasteiger charge is -2.19. The lowest BCUT2D eigenvalue weighted by molar-refractivity contribution is 0.0696. The summed E-state index contributed by atoms with van der Waals surface area (Å²) < 4.78 is 0. The quantitative estimate of drug-likeness (QED) is 0.827. The Morgan fingerprint density at radius 1 is 1.62 bits per heavy atom. The second-order valence-electron chi connectivity index (χ2n) is 4.47. The zero-order valence-corrected chi connectivity index (χ0v) is 9.60. The number of carboxylic acid groups (broad SMARTS) is 1. The van der Waals surface area contributed by atoms with Crippen LogP contribution in [0.5, 0.6) is 0 Å². The molecule has 0 saturated carbocycles. The molecule has 0 amide bonds. The van der Waals surface area contributed by atoms with Gasteiger partial charge in [0.2, 0.25) is 0 Å². The first-order valence-electron chi connectivity index (χ1n) is 5.53. The van der Waals surface area contributed by atoms with Gasteiger partial charge in [0, 0.05) is 19.3 Å². The van der Waals surface area contributed by atoms with Gasteiger partial charge in [0.05, 0.1) is 0 Å². The van der Waals surface area contributed by atoms with E-state index in [-0.39, 0.29) is 0 Å². The Balaban J connectivity index is 2.40. The first-order valence-corrected chi connectivity index (χ1v) is 5.53. The first-order chi connectivity index (χ1) is 7.59. The van der Waals surface area contributed by atoms with Gasteiger partial charge >= 0.3 is 5.97 Å². The highest BCUT2D eigenvalue weighted by Crippen LogP contribution is 2.26. The minimum atomic E-state index is -0.889. The van der Waals surface area contributed by atoms with E-state index in [4.69, 9.17) is 0 Å². The Bertz CT molecular complexity index is 417. The van der Waals surface area contributed by atoms with Crippen LogP contribution in [0.4, 0.5) is 5.82 Å². The molecule has 4 nitrogen and oxygen atoms in total. The number of pyridine rings is 1. The van der Waals surface area contributed by atoms with Gasteiger partial charge in [-0.2, -0.15) is 0 Å². The van der Waals surface area contributed by atoms with Crippen molar-refractivity contribution in [3.8, 4) is 0 Å². The summed E-state index contributed by atoms with van der Waals surface area (Å²) in [7, 11) is 0. The summed E-state index contributed by atoms with van der Waals surface area (Å²) in [5.41, 5.74) is 1.12. The highest BCUT2D eigenvalue weighted by atomic mass is 16.4. The van der Waals surface area contributed by atoms with Crippen molar-refractivity contribution in [1.82, 2.24) is 4.98 Å². The van der Waals surface area contributed by atoms with E-state index < -0.39 is 5.97 Å². The number of aryl methyl sites for hydroxylation is 1. The van der Waals surface area contributed by atoms with Crippen LogP contribution in [0.15, 0.2) is 12.3 Å². The van der Waals surface area contributed by atoms with Gasteiger partial charge in [-0.1, -0.05) is 6.92 Å². The molecular formula is C12H16N2O2. The molecule has 0 aromatic carbocycles. The van der Waals surface area contributed by atoms with Gasteiger partial charge in [-0.05, 0) is 30.9 Å². The number of aromatic nitrogens is 1. The van der Waals surface area contributed by atoms with Gasteiger partial charge in [-0.15, -0.1) is 0 Å². The third-order valence-corrected chi connectivity index (χ3v) is 3.08. The predicted octanol–water partition coefficient (Wildman–Crippen LogP) is 1.93. The van der Waals surface area contributed by atoms with E-state index in [1.54, 1.807) is 12.3 Å². The number of aromatic carboxylic acids is 1. The Morgan fingerprint density at radius 3 is 2.94 bits per heavy atom. The third-order valence-electron chi connectivity index (χ3n) is 3.08. The molecule has 0 radical (unpaired) electrons. The molecule has 86 valence electrons. The standard InChI is InChI=1S/C12H16N2O2/c1-8-4-6-14(7-8)11-10(12(15)16)9(2)3-5-13-11/h3,5,8H,4,6-7H2,1-2H3,(H,15,16). The van der Waals surface area contributed by atoms with Crippen LogP contribution in [-0.2, 0) is 0 Å². The zero-order chi connectivity index (χ0) is 11.7. The molecule has 2 rings (SSSR count). The molecule has 0 aliphatic carbocycles. The Kier molecular flexibility index (Phi) is 2.81. The zero-order valence-electron chi connectivity index (χ0n) is 9.60. The van der Waals surface area contributed by atoms with Crippen LogP contribution >= 0.6 is 0 Å². The highest BCUT2D eigenvalue weighted by Gasteiger charge is 2.25. The lowest BCUT2D eigenvalue weighted by atomic mass is 10.1. The smallest absolute Gasteiger partial charge is 0.339 e. The number of nitrogens with zero attached hydrogens (tertiary/aromatic N) is 2. The maximum atomic E-state index is 11.2. The second kappa shape index (κ2) is 4.12. The van der Waals surface area contributed by atoms with E-state index in [0.29, 0.717) is 17.3 Å². The summed E-state index contributed by atoms with van der Waals surface area (Å²) in [4.78, 5) is 17.5.